The third-order valence-corrected chi connectivity index (χ3v) is 2.96. The van der Waals surface area contributed by atoms with Gasteiger partial charge in [-0.15, -0.1) is 0 Å². The summed E-state index contributed by atoms with van der Waals surface area (Å²) >= 11 is 5.21. The fourth-order valence-corrected chi connectivity index (χ4v) is 1.76. The Morgan fingerprint density at radius 2 is 2.00 bits per heavy atom. The van der Waals surface area contributed by atoms with Crippen LogP contribution < -0.4 is 0 Å². The fourth-order valence-electron chi connectivity index (χ4n) is 1.55. The highest BCUT2D eigenvalue weighted by molar-refractivity contribution is 7.80. The molecule has 0 aliphatic carbocycles. The number of hydrogen-bond donors (Lipinski definition) is 0. The van der Waals surface area contributed by atoms with Gasteiger partial charge in [0.1, 0.15) is 0 Å². The van der Waals surface area contributed by atoms with Crippen LogP contribution in [0, 0.1) is 5.92 Å². The minimum absolute atomic E-state index is 0.604. The zero-order chi connectivity index (χ0) is 8.59. The van der Waals surface area contributed by atoms with E-state index in [0.29, 0.717) is 12.0 Å². The van der Waals surface area contributed by atoms with E-state index in [9.17, 15) is 0 Å². The molecule has 0 N–H and O–H groups in total. The molecule has 1 heterocycles. The molecule has 1 aliphatic heterocycles. The van der Waals surface area contributed by atoms with Crippen LogP contribution in [0.3, 0.4) is 0 Å². The van der Waals surface area contributed by atoms with E-state index in [4.69, 9.17) is 12.2 Å². The first-order valence-corrected chi connectivity index (χ1v) is 4.42. The second-order valence-corrected chi connectivity index (χ2v) is 3.95. The van der Waals surface area contributed by atoms with Crippen molar-refractivity contribution in [2.45, 2.75) is 19.9 Å². The molecular weight excluding hydrogens is 156 g/mol. The molecule has 0 aromatic carbocycles. The molecule has 1 saturated heterocycles. The van der Waals surface area contributed by atoms with Crippen LogP contribution in [0.1, 0.15) is 13.8 Å². The molecule has 1 fully saturated rings. The minimum atomic E-state index is 0.604. The van der Waals surface area contributed by atoms with Crippen LogP contribution in [0.5, 0.6) is 0 Å². The lowest BCUT2D eigenvalue weighted by Crippen LogP contribution is -2.33. The Bertz CT molecular complexity index is 167. The van der Waals surface area contributed by atoms with E-state index in [1.807, 2.05) is 0 Å². The van der Waals surface area contributed by atoms with Gasteiger partial charge in [0.25, 0.3) is 0 Å². The smallest absolute Gasteiger partial charge is 0.171 e. The molecule has 0 aromatic heterocycles. The highest BCUT2D eigenvalue weighted by atomic mass is 32.1. The van der Waals surface area contributed by atoms with Gasteiger partial charge in [-0.25, -0.2) is 0 Å². The predicted molar refractivity (Wildman–Crippen MR) is 51.6 cm³/mol. The van der Waals surface area contributed by atoms with Crippen LogP contribution in [0.4, 0.5) is 0 Å². The first kappa shape index (κ1) is 8.78. The Hall–Kier alpha value is -0.310. The van der Waals surface area contributed by atoms with Crippen molar-refractivity contribution in [2.24, 2.45) is 5.92 Å². The van der Waals surface area contributed by atoms with Gasteiger partial charge >= 0.3 is 0 Å². The van der Waals surface area contributed by atoms with Crippen LogP contribution in [0.25, 0.3) is 0 Å². The molecule has 3 heteroatoms. The highest BCUT2D eigenvalue weighted by Crippen LogP contribution is 2.18. The van der Waals surface area contributed by atoms with Crippen molar-refractivity contribution in [3.8, 4) is 0 Å². The molecule has 0 aromatic rings. The van der Waals surface area contributed by atoms with Crippen LogP contribution >= 0.6 is 12.2 Å². The first-order chi connectivity index (χ1) is 5.04. The molecule has 1 aliphatic rings. The van der Waals surface area contributed by atoms with Crippen LogP contribution in [0.2, 0.25) is 0 Å². The summed E-state index contributed by atoms with van der Waals surface area (Å²) < 4.78 is 0. The van der Waals surface area contributed by atoms with E-state index in [2.05, 4.69) is 37.7 Å². The van der Waals surface area contributed by atoms with Crippen molar-refractivity contribution in [2.75, 3.05) is 20.6 Å². The summed E-state index contributed by atoms with van der Waals surface area (Å²) in [6.45, 7) is 5.55. The molecule has 0 spiro atoms. The number of thiocarbonyl (C=S) groups is 1. The van der Waals surface area contributed by atoms with Crippen molar-refractivity contribution in [3.05, 3.63) is 0 Å². The average molecular weight is 172 g/mol. The average Bonchev–Trinajstić information content (AvgIpc) is 2.17. The minimum Gasteiger partial charge on any atom is -0.350 e. The molecule has 1 unspecified atom stereocenters. The Labute approximate surface area is 74.2 Å². The van der Waals surface area contributed by atoms with Crippen LogP contribution in [0.15, 0.2) is 0 Å². The second-order valence-electron chi connectivity index (χ2n) is 3.59. The number of rotatable bonds is 1. The maximum atomic E-state index is 5.21. The Balaban J connectivity index is 2.67. The van der Waals surface area contributed by atoms with Crippen molar-refractivity contribution in [3.63, 3.8) is 0 Å². The summed E-state index contributed by atoms with van der Waals surface area (Å²) in [5.74, 6) is 0.683. The Morgan fingerprint density at radius 3 is 2.18 bits per heavy atom. The topological polar surface area (TPSA) is 6.48 Å². The van der Waals surface area contributed by atoms with Gasteiger partial charge in [-0.1, -0.05) is 13.8 Å². The normalized spacial score (nSPS) is 25.5. The molecule has 1 atom stereocenters. The van der Waals surface area contributed by atoms with E-state index in [1.165, 1.54) is 0 Å². The fraction of sp³-hybridized carbons (Fsp3) is 0.875. The summed E-state index contributed by atoms with van der Waals surface area (Å²) in [7, 11) is 4.14. The number of nitrogens with zero attached hydrogens (tertiary/aromatic N) is 2. The van der Waals surface area contributed by atoms with E-state index in [1.54, 1.807) is 0 Å². The quantitative estimate of drug-likeness (QED) is 0.548. The van der Waals surface area contributed by atoms with Crippen molar-refractivity contribution in [1.29, 1.82) is 0 Å². The van der Waals surface area contributed by atoms with Gasteiger partial charge in [0.15, 0.2) is 5.11 Å². The van der Waals surface area contributed by atoms with E-state index >= 15 is 0 Å². The number of likely N-dealkylation sites (N-methyl/N-ethyl adjacent to an activating group) is 2. The Morgan fingerprint density at radius 1 is 1.45 bits per heavy atom. The molecule has 2 nitrogen and oxygen atoms in total. The summed E-state index contributed by atoms with van der Waals surface area (Å²) in [5, 5.41) is 0.976. The molecule has 1 rings (SSSR count). The molecule has 11 heavy (non-hydrogen) atoms. The highest BCUT2D eigenvalue weighted by Gasteiger charge is 2.30. The zero-order valence-electron chi connectivity index (χ0n) is 7.66. The summed E-state index contributed by atoms with van der Waals surface area (Å²) in [6, 6.07) is 0.604. The van der Waals surface area contributed by atoms with Gasteiger partial charge in [-0.3, -0.25) is 0 Å². The van der Waals surface area contributed by atoms with Crippen LogP contribution in [-0.4, -0.2) is 41.6 Å². The number of hydrogen-bond acceptors (Lipinski definition) is 1. The third kappa shape index (κ3) is 1.48. The largest absolute Gasteiger partial charge is 0.350 e. The lowest BCUT2D eigenvalue weighted by atomic mass is 10.1. The maximum Gasteiger partial charge on any atom is 0.171 e. The molecular formula is C8H16N2S. The molecule has 64 valence electrons. The molecule has 0 saturated carbocycles. The van der Waals surface area contributed by atoms with E-state index < -0.39 is 0 Å². The van der Waals surface area contributed by atoms with Gasteiger partial charge in [-0.2, -0.15) is 0 Å². The van der Waals surface area contributed by atoms with Crippen molar-refractivity contribution in [1.82, 2.24) is 9.80 Å². The second kappa shape index (κ2) is 2.97. The SMILES string of the molecule is CC(C)C1CN(C)C(=S)N1C. The van der Waals surface area contributed by atoms with Gasteiger partial charge in [0.2, 0.25) is 0 Å². The predicted octanol–water partition coefficient (Wildman–Crippen LogP) is 1.17. The van der Waals surface area contributed by atoms with Crippen molar-refractivity contribution >= 4 is 17.3 Å². The lowest BCUT2D eigenvalue weighted by Gasteiger charge is -2.22. The van der Waals surface area contributed by atoms with Crippen LogP contribution in [-0.2, 0) is 0 Å². The van der Waals surface area contributed by atoms with E-state index in [-0.39, 0.29) is 0 Å². The zero-order valence-corrected chi connectivity index (χ0v) is 8.48. The molecule has 0 amide bonds. The summed E-state index contributed by atoms with van der Waals surface area (Å²) in [5.41, 5.74) is 0. The van der Waals surface area contributed by atoms with Crippen molar-refractivity contribution < 1.29 is 0 Å². The van der Waals surface area contributed by atoms with Gasteiger partial charge < -0.3 is 9.80 Å². The van der Waals surface area contributed by atoms with Gasteiger partial charge in [0, 0.05) is 20.6 Å². The maximum absolute atomic E-state index is 5.21. The lowest BCUT2D eigenvalue weighted by molar-refractivity contribution is 0.315. The van der Waals surface area contributed by atoms with E-state index in [0.717, 1.165) is 11.7 Å². The standard InChI is InChI=1S/C8H16N2S/c1-6(2)7-5-9(3)8(11)10(7)4/h6-7H,5H2,1-4H3. The first-order valence-electron chi connectivity index (χ1n) is 4.02. The summed E-state index contributed by atoms with van der Waals surface area (Å²) in [4.78, 5) is 4.33. The van der Waals surface area contributed by atoms with Gasteiger partial charge in [0.05, 0.1) is 6.04 Å². The monoisotopic (exact) mass is 172 g/mol. The van der Waals surface area contributed by atoms with Gasteiger partial charge in [-0.05, 0) is 18.1 Å². The Kier molecular flexibility index (Phi) is 2.37. The summed E-state index contributed by atoms with van der Waals surface area (Å²) in [6.07, 6.45) is 0. The molecule has 0 radical (unpaired) electrons. The third-order valence-electron chi connectivity index (χ3n) is 2.36. The molecule has 0 bridgehead atoms.